The number of nitrogens with two attached hydrogens (primary N) is 1. The molecule has 1 aliphatic rings. The van der Waals surface area contributed by atoms with E-state index in [4.69, 9.17) is 5.73 Å². The Morgan fingerprint density at radius 2 is 2.06 bits per heavy atom. The molecule has 1 aromatic carbocycles. The third-order valence-corrected chi connectivity index (χ3v) is 3.94. The van der Waals surface area contributed by atoms with E-state index in [-0.39, 0.29) is 5.54 Å². The van der Waals surface area contributed by atoms with E-state index in [1.54, 1.807) is 0 Å². The number of halogens is 1. The van der Waals surface area contributed by atoms with E-state index in [0.29, 0.717) is 11.7 Å². The fourth-order valence-corrected chi connectivity index (χ4v) is 2.77. The molecule has 16 heavy (non-hydrogen) atoms. The highest BCUT2D eigenvalue weighted by Gasteiger charge is 2.38. The summed E-state index contributed by atoms with van der Waals surface area (Å²) in [7, 11) is 0. The van der Waals surface area contributed by atoms with Gasteiger partial charge in [0.05, 0.1) is 0 Å². The largest absolute Gasteiger partial charge is 0.508 e. The SMILES string of the molecule is CC(C)c1cc(O)c(CC2(N)CC2)cc1Br. The summed E-state index contributed by atoms with van der Waals surface area (Å²) in [5, 5.41) is 9.98. The van der Waals surface area contributed by atoms with Crippen molar-refractivity contribution >= 4 is 15.9 Å². The van der Waals surface area contributed by atoms with Gasteiger partial charge in [-0.1, -0.05) is 29.8 Å². The second-order valence-electron chi connectivity index (χ2n) is 5.20. The molecule has 0 saturated heterocycles. The van der Waals surface area contributed by atoms with Crippen LogP contribution in [0.2, 0.25) is 0 Å². The number of benzene rings is 1. The van der Waals surface area contributed by atoms with Gasteiger partial charge in [-0.2, -0.15) is 0 Å². The van der Waals surface area contributed by atoms with E-state index in [9.17, 15) is 5.11 Å². The Labute approximate surface area is 105 Å². The second kappa shape index (κ2) is 4.04. The van der Waals surface area contributed by atoms with Crippen molar-refractivity contribution in [1.82, 2.24) is 0 Å². The molecule has 0 amide bonds. The maximum Gasteiger partial charge on any atom is 0.119 e. The van der Waals surface area contributed by atoms with Gasteiger partial charge in [0.1, 0.15) is 5.75 Å². The van der Waals surface area contributed by atoms with Crippen LogP contribution in [-0.2, 0) is 6.42 Å². The van der Waals surface area contributed by atoms with Crippen molar-refractivity contribution in [2.45, 2.75) is 44.6 Å². The highest BCUT2D eigenvalue weighted by molar-refractivity contribution is 9.10. The summed E-state index contributed by atoms with van der Waals surface area (Å²) in [5.74, 6) is 0.783. The standard InChI is InChI=1S/C13H18BrNO/c1-8(2)10-6-12(16)9(5-11(10)14)7-13(15)3-4-13/h5-6,8,16H,3-4,7,15H2,1-2H3. The molecule has 2 nitrogen and oxygen atoms in total. The molecule has 0 spiro atoms. The van der Waals surface area contributed by atoms with E-state index < -0.39 is 0 Å². The van der Waals surface area contributed by atoms with E-state index >= 15 is 0 Å². The van der Waals surface area contributed by atoms with Crippen LogP contribution in [-0.4, -0.2) is 10.6 Å². The van der Waals surface area contributed by atoms with Crippen molar-refractivity contribution in [1.29, 1.82) is 0 Å². The molecule has 1 fully saturated rings. The first-order chi connectivity index (χ1) is 7.41. The summed E-state index contributed by atoms with van der Waals surface area (Å²) >= 11 is 3.56. The van der Waals surface area contributed by atoms with Gasteiger partial charge in [-0.05, 0) is 48.4 Å². The smallest absolute Gasteiger partial charge is 0.119 e. The number of rotatable bonds is 3. The fraction of sp³-hybridized carbons (Fsp3) is 0.538. The molecule has 1 aromatic rings. The van der Waals surface area contributed by atoms with Crippen LogP contribution in [0.15, 0.2) is 16.6 Å². The van der Waals surface area contributed by atoms with Gasteiger partial charge in [0.25, 0.3) is 0 Å². The van der Waals surface area contributed by atoms with Crippen molar-refractivity contribution < 1.29 is 5.11 Å². The lowest BCUT2D eigenvalue weighted by molar-refractivity contribution is 0.462. The quantitative estimate of drug-likeness (QED) is 0.894. The summed E-state index contributed by atoms with van der Waals surface area (Å²) in [6.07, 6.45) is 2.90. The van der Waals surface area contributed by atoms with Crippen molar-refractivity contribution in [2.75, 3.05) is 0 Å². The first-order valence-corrected chi connectivity index (χ1v) is 6.51. The molecule has 0 aromatic heterocycles. The molecule has 0 bridgehead atoms. The Balaban J connectivity index is 2.30. The maximum absolute atomic E-state index is 9.98. The Morgan fingerprint density at radius 3 is 2.56 bits per heavy atom. The number of phenols is 1. The van der Waals surface area contributed by atoms with Gasteiger partial charge in [0.15, 0.2) is 0 Å². The summed E-state index contributed by atoms with van der Waals surface area (Å²) in [5.41, 5.74) is 8.11. The first-order valence-electron chi connectivity index (χ1n) is 5.71. The number of aromatic hydroxyl groups is 1. The van der Waals surface area contributed by atoms with Crippen LogP contribution in [0.5, 0.6) is 5.75 Å². The summed E-state index contributed by atoms with van der Waals surface area (Å²) in [6, 6.07) is 3.87. The predicted molar refractivity (Wildman–Crippen MR) is 69.8 cm³/mol. The summed E-state index contributed by atoms with van der Waals surface area (Å²) in [6.45, 7) is 4.23. The summed E-state index contributed by atoms with van der Waals surface area (Å²) in [4.78, 5) is 0. The van der Waals surface area contributed by atoms with Crippen LogP contribution in [0.3, 0.4) is 0 Å². The van der Waals surface area contributed by atoms with Crippen LogP contribution in [0, 0.1) is 0 Å². The molecule has 0 radical (unpaired) electrons. The third kappa shape index (κ3) is 2.41. The van der Waals surface area contributed by atoms with Crippen LogP contribution in [0.4, 0.5) is 0 Å². The molecule has 0 heterocycles. The molecule has 0 aliphatic heterocycles. The molecule has 1 saturated carbocycles. The molecule has 88 valence electrons. The number of hydrogen-bond acceptors (Lipinski definition) is 2. The van der Waals surface area contributed by atoms with E-state index in [1.807, 2.05) is 12.1 Å². The lowest BCUT2D eigenvalue weighted by Gasteiger charge is -2.15. The Bertz CT molecular complexity index is 411. The minimum atomic E-state index is -0.0593. The van der Waals surface area contributed by atoms with Gasteiger partial charge in [0, 0.05) is 10.0 Å². The van der Waals surface area contributed by atoms with Crippen molar-refractivity contribution in [3.63, 3.8) is 0 Å². The maximum atomic E-state index is 9.98. The minimum Gasteiger partial charge on any atom is -0.508 e. The Morgan fingerprint density at radius 1 is 1.44 bits per heavy atom. The Kier molecular flexibility index (Phi) is 3.01. The van der Waals surface area contributed by atoms with Crippen LogP contribution in [0.1, 0.15) is 43.7 Å². The number of phenolic OH excluding ortho intramolecular Hbond substituents is 1. The van der Waals surface area contributed by atoms with Crippen molar-refractivity contribution in [2.24, 2.45) is 5.73 Å². The predicted octanol–water partition coefficient (Wildman–Crippen LogP) is 3.31. The Hall–Kier alpha value is -0.540. The zero-order chi connectivity index (χ0) is 11.9. The highest BCUT2D eigenvalue weighted by Crippen LogP contribution is 2.39. The molecule has 2 rings (SSSR count). The average Bonchev–Trinajstić information content (AvgIpc) is 2.89. The zero-order valence-corrected chi connectivity index (χ0v) is 11.3. The van der Waals surface area contributed by atoms with E-state index in [1.165, 1.54) is 0 Å². The first kappa shape index (κ1) is 11.9. The van der Waals surface area contributed by atoms with Crippen LogP contribution >= 0.6 is 15.9 Å². The molecule has 0 unspecified atom stereocenters. The van der Waals surface area contributed by atoms with Crippen molar-refractivity contribution in [3.05, 3.63) is 27.7 Å². The van der Waals surface area contributed by atoms with Gasteiger partial charge in [-0.25, -0.2) is 0 Å². The normalized spacial score (nSPS) is 17.8. The van der Waals surface area contributed by atoms with Gasteiger partial charge in [-0.15, -0.1) is 0 Å². The lowest BCUT2D eigenvalue weighted by atomic mass is 9.97. The highest BCUT2D eigenvalue weighted by atomic mass is 79.9. The second-order valence-corrected chi connectivity index (χ2v) is 6.05. The summed E-state index contributed by atoms with van der Waals surface area (Å²) < 4.78 is 1.07. The lowest BCUT2D eigenvalue weighted by Crippen LogP contribution is -2.24. The monoisotopic (exact) mass is 283 g/mol. The average molecular weight is 284 g/mol. The van der Waals surface area contributed by atoms with Crippen molar-refractivity contribution in [3.8, 4) is 5.75 Å². The topological polar surface area (TPSA) is 46.2 Å². The zero-order valence-electron chi connectivity index (χ0n) is 9.76. The molecule has 3 heteroatoms. The molecule has 3 N–H and O–H groups in total. The minimum absolute atomic E-state index is 0.0593. The van der Waals surface area contributed by atoms with Crippen LogP contribution < -0.4 is 5.73 Å². The molecular weight excluding hydrogens is 266 g/mol. The van der Waals surface area contributed by atoms with Crippen LogP contribution in [0.25, 0.3) is 0 Å². The fourth-order valence-electron chi connectivity index (χ4n) is 1.92. The third-order valence-electron chi connectivity index (χ3n) is 3.25. The van der Waals surface area contributed by atoms with Gasteiger partial charge < -0.3 is 10.8 Å². The van der Waals surface area contributed by atoms with Gasteiger partial charge in [0.2, 0.25) is 0 Å². The molecule has 0 atom stereocenters. The number of hydrogen-bond donors (Lipinski definition) is 2. The molecular formula is C13H18BrNO. The van der Waals surface area contributed by atoms with E-state index in [2.05, 4.69) is 29.8 Å². The van der Waals surface area contributed by atoms with Gasteiger partial charge in [-0.3, -0.25) is 0 Å². The molecule has 1 aliphatic carbocycles. The van der Waals surface area contributed by atoms with E-state index in [0.717, 1.165) is 34.9 Å². The van der Waals surface area contributed by atoms with Gasteiger partial charge >= 0.3 is 0 Å².